The van der Waals surface area contributed by atoms with Crippen LogP contribution in [0.2, 0.25) is 0 Å². The molecule has 1 spiro atoms. The molecule has 5 nitrogen and oxygen atoms in total. The van der Waals surface area contributed by atoms with Crippen molar-refractivity contribution >= 4 is 11.6 Å². The number of aliphatic hydroxyl groups is 1. The number of benzene rings is 1. The smallest absolute Gasteiger partial charge is 0.165 e. The maximum Gasteiger partial charge on any atom is 0.165 e. The zero-order valence-electron chi connectivity index (χ0n) is 17.1. The molecule has 1 aromatic rings. The molecule has 2 N–H and O–H groups in total. The Hall–Kier alpha value is -1.01. The number of likely N-dealkylation sites (tertiary alicyclic amines) is 1. The van der Waals surface area contributed by atoms with Crippen LogP contribution in [0, 0.1) is 5.92 Å². The van der Waals surface area contributed by atoms with Crippen LogP contribution in [-0.4, -0.2) is 76.4 Å². The number of likely N-dealkylation sites (N-methyl/N-ethyl adjacent to an activating group) is 1. The summed E-state index contributed by atoms with van der Waals surface area (Å²) in [6, 6.07) is 4.19. The molecule has 5 atom stereocenters. The van der Waals surface area contributed by atoms with Crippen LogP contribution in [0.5, 0.6) is 11.5 Å². The molecule has 29 heavy (non-hydrogen) atoms. The van der Waals surface area contributed by atoms with E-state index < -0.39 is 11.0 Å². The number of alkyl halides is 1. The molecule has 0 amide bonds. The fourth-order valence-corrected chi connectivity index (χ4v) is 7.47. The summed E-state index contributed by atoms with van der Waals surface area (Å²) in [5.41, 5.74) is 1.14. The summed E-state index contributed by atoms with van der Waals surface area (Å²) in [4.78, 5) is 4.88. The molecule has 5 aliphatic rings. The number of aromatic hydroxyl groups is 1. The van der Waals surface area contributed by atoms with Crippen LogP contribution in [0.25, 0.3) is 0 Å². The molecule has 2 aliphatic heterocycles. The normalized spacial score (nSPS) is 40.1. The highest BCUT2D eigenvalue weighted by molar-refractivity contribution is 6.18. The summed E-state index contributed by atoms with van der Waals surface area (Å²) in [5, 5.41) is 23.0. The number of rotatable bonds is 5. The molecule has 2 bridgehead atoms. The van der Waals surface area contributed by atoms with Crippen molar-refractivity contribution in [2.75, 3.05) is 32.6 Å². The maximum atomic E-state index is 12.4. The third-order valence-electron chi connectivity index (χ3n) is 8.73. The first kappa shape index (κ1) is 18.7. The Bertz CT molecular complexity index is 846. The third-order valence-corrected chi connectivity index (χ3v) is 8.90. The van der Waals surface area contributed by atoms with Gasteiger partial charge in [-0.25, -0.2) is 0 Å². The highest BCUT2D eigenvalue weighted by atomic mass is 35.5. The predicted molar refractivity (Wildman–Crippen MR) is 112 cm³/mol. The first-order chi connectivity index (χ1) is 14.0. The van der Waals surface area contributed by atoms with Gasteiger partial charge in [-0.1, -0.05) is 6.07 Å². The molecular weight excluding hydrogens is 388 g/mol. The number of hydrogen-bond acceptors (Lipinski definition) is 5. The van der Waals surface area contributed by atoms with Gasteiger partial charge in [0.05, 0.1) is 11.0 Å². The van der Waals surface area contributed by atoms with Gasteiger partial charge in [0.25, 0.3) is 0 Å². The number of ether oxygens (including phenoxy) is 1. The van der Waals surface area contributed by atoms with Crippen LogP contribution in [0.3, 0.4) is 0 Å². The minimum atomic E-state index is -0.796. The van der Waals surface area contributed by atoms with Crippen molar-refractivity contribution in [2.45, 2.75) is 67.7 Å². The fraction of sp³-hybridized carbons (Fsp3) is 0.739. The summed E-state index contributed by atoms with van der Waals surface area (Å²) in [5.74, 6) is 2.24. The molecule has 2 unspecified atom stereocenters. The molecule has 3 fully saturated rings. The van der Waals surface area contributed by atoms with Crippen LogP contribution in [-0.2, 0) is 11.8 Å². The lowest BCUT2D eigenvalue weighted by Gasteiger charge is -2.64. The molecule has 6 rings (SSSR count). The Labute approximate surface area is 177 Å². The lowest BCUT2D eigenvalue weighted by molar-refractivity contribution is -0.199. The fourth-order valence-electron chi connectivity index (χ4n) is 7.21. The van der Waals surface area contributed by atoms with Gasteiger partial charge in [0, 0.05) is 36.6 Å². The zero-order valence-corrected chi connectivity index (χ0v) is 17.9. The average Bonchev–Trinajstić information content (AvgIpc) is 3.43. The molecule has 2 heterocycles. The van der Waals surface area contributed by atoms with E-state index in [1.54, 1.807) is 6.07 Å². The van der Waals surface area contributed by atoms with E-state index in [9.17, 15) is 10.2 Å². The van der Waals surface area contributed by atoms with Crippen LogP contribution in [0.4, 0.5) is 0 Å². The Kier molecular flexibility index (Phi) is 4.04. The van der Waals surface area contributed by atoms with E-state index in [0.29, 0.717) is 11.6 Å². The average molecular weight is 419 g/mol. The van der Waals surface area contributed by atoms with Gasteiger partial charge in [-0.2, -0.15) is 0 Å². The van der Waals surface area contributed by atoms with E-state index in [4.69, 9.17) is 16.3 Å². The number of halogens is 1. The Morgan fingerprint density at radius 1 is 1.28 bits per heavy atom. The largest absolute Gasteiger partial charge is 0.504 e. The van der Waals surface area contributed by atoms with E-state index in [1.807, 2.05) is 0 Å². The summed E-state index contributed by atoms with van der Waals surface area (Å²) in [7, 11) is 2.11. The van der Waals surface area contributed by atoms with Gasteiger partial charge in [-0.3, -0.25) is 9.80 Å². The van der Waals surface area contributed by atoms with Crippen molar-refractivity contribution < 1.29 is 14.9 Å². The Balaban J connectivity index is 1.50. The van der Waals surface area contributed by atoms with Crippen LogP contribution in [0.1, 0.15) is 43.2 Å². The van der Waals surface area contributed by atoms with E-state index in [1.165, 1.54) is 18.4 Å². The first-order valence-electron chi connectivity index (χ1n) is 11.2. The Morgan fingerprint density at radius 3 is 2.86 bits per heavy atom. The monoisotopic (exact) mass is 418 g/mol. The van der Waals surface area contributed by atoms with E-state index in [-0.39, 0.29) is 23.9 Å². The molecule has 2 saturated carbocycles. The molecule has 1 saturated heterocycles. The third kappa shape index (κ3) is 2.33. The second kappa shape index (κ2) is 6.25. The van der Waals surface area contributed by atoms with Gasteiger partial charge >= 0.3 is 0 Å². The number of piperidine rings is 1. The van der Waals surface area contributed by atoms with Gasteiger partial charge in [-0.15, -0.1) is 11.6 Å². The summed E-state index contributed by atoms with van der Waals surface area (Å²) in [6.45, 7) is 2.92. The van der Waals surface area contributed by atoms with Crippen LogP contribution < -0.4 is 4.74 Å². The summed E-state index contributed by atoms with van der Waals surface area (Å²) in [6.07, 6.45) is 5.95. The SMILES string of the molecule is CN(CCCl)[C@H]1CC[C@@]2(O)C3Cc4ccc(O)c5c4C2(CCN3CC2CC2)[C@H]1O5. The van der Waals surface area contributed by atoms with Crippen LogP contribution >= 0.6 is 11.6 Å². The van der Waals surface area contributed by atoms with Gasteiger partial charge in [0.2, 0.25) is 0 Å². The van der Waals surface area contributed by atoms with Gasteiger partial charge in [0.1, 0.15) is 6.10 Å². The van der Waals surface area contributed by atoms with Crippen molar-refractivity contribution in [1.29, 1.82) is 0 Å². The highest BCUT2D eigenvalue weighted by Crippen LogP contribution is 2.65. The van der Waals surface area contributed by atoms with Crippen molar-refractivity contribution in [3.8, 4) is 11.5 Å². The molecule has 3 aliphatic carbocycles. The predicted octanol–water partition coefficient (Wildman–Crippen LogP) is 2.50. The lowest BCUT2D eigenvalue weighted by atomic mass is 9.48. The minimum absolute atomic E-state index is 0.137. The van der Waals surface area contributed by atoms with Crippen molar-refractivity contribution in [3.63, 3.8) is 0 Å². The standard InChI is InChI=1S/C23H31ClN2O3/c1-25(11-9-24)16-6-7-23(28)18-12-15-4-5-17(27)20-19(15)22(23,21(16)29-20)8-10-26(18)13-14-2-3-14/h4-5,14,16,18,21,27-28H,2-3,6-13H2,1H3/t16-,18?,21-,22?,23+/m0/s1. The summed E-state index contributed by atoms with van der Waals surface area (Å²) < 4.78 is 6.57. The molecule has 6 heteroatoms. The van der Waals surface area contributed by atoms with Crippen molar-refractivity contribution in [2.24, 2.45) is 5.92 Å². The molecule has 0 aromatic heterocycles. The van der Waals surface area contributed by atoms with Crippen molar-refractivity contribution in [3.05, 3.63) is 23.3 Å². The van der Waals surface area contributed by atoms with E-state index >= 15 is 0 Å². The van der Waals surface area contributed by atoms with Gasteiger partial charge in [-0.05, 0) is 69.7 Å². The summed E-state index contributed by atoms with van der Waals surface area (Å²) >= 11 is 6.06. The number of phenols is 1. The van der Waals surface area contributed by atoms with E-state index in [2.05, 4.69) is 22.9 Å². The number of nitrogens with zero attached hydrogens (tertiary/aromatic N) is 2. The lowest BCUT2D eigenvalue weighted by Crippen LogP contribution is -2.78. The molecule has 0 radical (unpaired) electrons. The highest BCUT2D eigenvalue weighted by Gasteiger charge is 2.73. The van der Waals surface area contributed by atoms with Gasteiger partial charge < -0.3 is 14.9 Å². The van der Waals surface area contributed by atoms with Crippen LogP contribution in [0.15, 0.2) is 12.1 Å². The van der Waals surface area contributed by atoms with E-state index in [0.717, 1.165) is 56.8 Å². The number of phenolic OH excluding ortho intramolecular Hbond substituents is 1. The second-order valence-electron chi connectivity index (χ2n) is 10.1. The topological polar surface area (TPSA) is 56.2 Å². The molecular formula is C23H31ClN2O3. The minimum Gasteiger partial charge on any atom is -0.504 e. The Morgan fingerprint density at radius 2 is 2.10 bits per heavy atom. The first-order valence-corrected chi connectivity index (χ1v) is 11.8. The molecule has 158 valence electrons. The zero-order chi connectivity index (χ0) is 20.0. The number of hydrogen-bond donors (Lipinski definition) is 2. The van der Waals surface area contributed by atoms with Gasteiger partial charge in [0.15, 0.2) is 11.5 Å². The second-order valence-corrected chi connectivity index (χ2v) is 10.4. The van der Waals surface area contributed by atoms with Crippen molar-refractivity contribution in [1.82, 2.24) is 9.80 Å². The molecule has 1 aromatic carbocycles. The maximum absolute atomic E-state index is 12.4. The quantitative estimate of drug-likeness (QED) is 0.719.